The molecule has 1 unspecified atom stereocenters. The maximum absolute atomic E-state index is 13.2. The SMILES string of the molecule is CCC(C(=O)NC)N(Cc1ccccc1)C(=O)CCCN(c1cccc(Cl)c1C)S(C)(=O)=O. The van der Waals surface area contributed by atoms with Crippen LogP contribution in [0.4, 0.5) is 5.69 Å². The Morgan fingerprint density at radius 3 is 2.33 bits per heavy atom. The van der Waals surface area contributed by atoms with E-state index in [1.54, 1.807) is 37.1 Å². The summed E-state index contributed by atoms with van der Waals surface area (Å²) in [7, 11) is -2.03. The monoisotopic (exact) mass is 493 g/mol. The van der Waals surface area contributed by atoms with Crippen molar-refractivity contribution in [1.29, 1.82) is 0 Å². The number of hydrogen-bond donors (Lipinski definition) is 1. The van der Waals surface area contributed by atoms with Crippen LogP contribution in [-0.2, 0) is 26.2 Å². The van der Waals surface area contributed by atoms with Gasteiger partial charge < -0.3 is 10.2 Å². The van der Waals surface area contributed by atoms with Crippen molar-refractivity contribution in [3.8, 4) is 0 Å². The van der Waals surface area contributed by atoms with E-state index in [9.17, 15) is 18.0 Å². The second-order valence-electron chi connectivity index (χ2n) is 7.87. The summed E-state index contributed by atoms with van der Waals surface area (Å²) in [5.74, 6) is -0.431. The summed E-state index contributed by atoms with van der Waals surface area (Å²) in [6.45, 7) is 4.05. The number of nitrogens with zero attached hydrogens (tertiary/aromatic N) is 2. The van der Waals surface area contributed by atoms with Crippen molar-refractivity contribution < 1.29 is 18.0 Å². The number of amides is 2. The van der Waals surface area contributed by atoms with Gasteiger partial charge in [-0.1, -0.05) is 54.9 Å². The summed E-state index contributed by atoms with van der Waals surface area (Å²) in [6, 6.07) is 14.0. The molecule has 0 bridgehead atoms. The van der Waals surface area contributed by atoms with Crippen LogP contribution in [0.25, 0.3) is 0 Å². The third kappa shape index (κ3) is 7.20. The molecule has 2 amide bonds. The van der Waals surface area contributed by atoms with Crippen molar-refractivity contribution in [2.24, 2.45) is 0 Å². The van der Waals surface area contributed by atoms with Gasteiger partial charge >= 0.3 is 0 Å². The molecule has 9 heteroatoms. The van der Waals surface area contributed by atoms with Crippen LogP contribution in [0.1, 0.15) is 37.3 Å². The number of hydrogen-bond acceptors (Lipinski definition) is 4. The second-order valence-corrected chi connectivity index (χ2v) is 10.2. The molecule has 0 aromatic heterocycles. The summed E-state index contributed by atoms with van der Waals surface area (Å²) in [5, 5.41) is 3.11. The summed E-state index contributed by atoms with van der Waals surface area (Å²) in [4.78, 5) is 27.2. The van der Waals surface area contributed by atoms with Crippen LogP contribution < -0.4 is 9.62 Å². The minimum absolute atomic E-state index is 0.103. The van der Waals surface area contributed by atoms with Gasteiger partial charge in [0.15, 0.2) is 0 Å². The van der Waals surface area contributed by atoms with E-state index in [2.05, 4.69) is 5.32 Å². The van der Waals surface area contributed by atoms with Crippen molar-refractivity contribution in [2.45, 2.75) is 45.7 Å². The van der Waals surface area contributed by atoms with E-state index in [-0.39, 0.29) is 24.8 Å². The highest BCUT2D eigenvalue weighted by atomic mass is 35.5. The highest BCUT2D eigenvalue weighted by Crippen LogP contribution is 2.28. The van der Waals surface area contributed by atoms with Crippen molar-refractivity contribution in [3.63, 3.8) is 0 Å². The molecule has 2 rings (SSSR count). The number of carbonyl (C=O) groups excluding carboxylic acids is 2. The van der Waals surface area contributed by atoms with Gasteiger partial charge in [-0.2, -0.15) is 0 Å². The smallest absolute Gasteiger partial charge is 0.242 e. The lowest BCUT2D eigenvalue weighted by atomic mass is 10.1. The Morgan fingerprint density at radius 2 is 1.76 bits per heavy atom. The molecular formula is C24H32ClN3O4S. The molecule has 2 aromatic carbocycles. The van der Waals surface area contributed by atoms with Gasteiger partial charge in [0.1, 0.15) is 6.04 Å². The van der Waals surface area contributed by atoms with Crippen LogP contribution >= 0.6 is 11.6 Å². The van der Waals surface area contributed by atoms with Crippen molar-refractivity contribution in [2.75, 3.05) is 24.2 Å². The molecular weight excluding hydrogens is 462 g/mol. The average Bonchev–Trinajstić information content (AvgIpc) is 2.78. The van der Waals surface area contributed by atoms with E-state index in [0.717, 1.165) is 11.8 Å². The highest BCUT2D eigenvalue weighted by Gasteiger charge is 2.28. The number of halogens is 1. The predicted octanol–water partition coefficient (Wildman–Crippen LogP) is 3.75. The normalized spacial score (nSPS) is 12.2. The first-order valence-electron chi connectivity index (χ1n) is 10.9. The van der Waals surface area contributed by atoms with Crippen LogP contribution in [0, 0.1) is 6.92 Å². The first-order valence-corrected chi connectivity index (χ1v) is 13.1. The molecule has 0 aliphatic rings. The Hall–Kier alpha value is -2.58. The fourth-order valence-electron chi connectivity index (χ4n) is 3.71. The standard InChI is InChI=1S/C24H32ClN3O4S/c1-5-21(24(30)26-3)27(17-19-11-7-6-8-12-19)23(29)15-10-16-28(33(4,31)32)22-14-9-13-20(25)18(22)2/h6-9,11-14,21H,5,10,15-17H2,1-4H3,(H,26,30). The van der Waals surface area contributed by atoms with E-state index in [1.807, 2.05) is 37.3 Å². The topological polar surface area (TPSA) is 86.8 Å². The zero-order valence-electron chi connectivity index (χ0n) is 19.5. The average molecular weight is 494 g/mol. The van der Waals surface area contributed by atoms with Crippen molar-refractivity contribution in [3.05, 3.63) is 64.7 Å². The maximum Gasteiger partial charge on any atom is 0.242 e. The van der Waals surface area contributed by atoms with Gasteiger partial charge in [0.05, 0.1) is 11.9 Å². The Bertz CT molecular complexity index is 1060. The number of likely N-dealkylation sites (N-methyl/N-ethyl adjacent to an activating group) is 1. The predicted molar refractivity (Wildman–Crippen MR) is 133 cm³/mol. The number of sulfonamides is 1. The van der Waals surface area contributed by atoms with Crippen LogP contribution in [0.2, 0.25) is 5.02 Å². The minimum atomic E-state index is -3.58. The number of nitrogens with one attached hydrogen (secondary N) is 1. The van der Waals surface area contributed by atoms with Gasteiger partial charge in [-0.15, -0.1) is 0 Å². The molecule has 0 saturated heterocycles. The molecule has 0 fully saturated rings. The molecule has 7 nitrogen and oxygen atoms in total. The Balaban J connectivity index is 2.20. The van der Waals surface area contributed by atoms with Crippen LogP contribution in [0.5, 0.6) is 0 Å². The third-order valence-corrected chi connectivity index (χ3v) is 7.08. The van der Waals surface area contributed by atoms with Crippen molar-refractivity contribution in [1.82, 2.24) is 10.2 Å². The molecule has 1 N–H and O–H groups in total. The maximum atomic E-state index is 13.2. The lowest BCUT2D eigenvalue weighted by Crippen LogP contribution is -2.48. The van der Waals surface area contributed by atoms with E-state index in [0.29, 0.717) is 35.7 Å². The molecule has 0 heterocycles. The lowest BCUT2D eigenvalue weighted by molar-refractivity contribution is -0.141. The first-order chi connectivity index (χ1) is 15.6. The first kappa shape index (κ1) is 26.7. The lowest BCUT2D eigenvalue weighted by Gasteiger charge is -2.31. The fraction of sp³-hybridized carbons (Fsp3) is 0.417. The summed E-state index contributed by atoms with van der Waals surface area (Å²) in [5.41, 5.74) is 2.07. The van der Waals surface area contributed by atoms with Crippen LogP contribution in [0.3, 0.4) is 0 Å². The molecule has 33 heavy (non-hydrogen) atoms. The zero-order valence-corrected chi connectivity index (χ0v) is 21.1. The quantitative estimate of drug-likeness (QED) is 0.516. The van der Waals surface area contributed by atoms with Gasteiger partial charge in [-0.05, 0) is 43.0 Å². The Kier molecular flexibility index (Phi) is 9.73. The Labute approximate surface area is 201 Å². The number of rotatable bonds is 11. The van der Waals surface area contributed by atoms with Gasteiger partial charge in [0.25, 0.3) is 0 Å². The van der Waals surface area contributed by atoms with E-state index < -0.39 is 16.1 Å². The molecule has 0 aliphatic carbocycles. The summed E-state index contributed by atoms with van der Waals surface area (Å²) in [6.07, 6.45) is 2.00. The highest BCUT2D eigenvalue weighted by molar-refractivity contribution is 7.92. The molecule has 0 saturated carbocycles. The van der Waals surface area contributed by atoms with Crippen LogP contribution in [0.15, 0.2) is 48.5 Å². The molecule has 0 aliphatic heterocycles. The van der Waals surface area contributed by atoms with E-state index in [1.165, 1.54) is 4.31 Å². The van der Waals surface area contributed by atoms with E-state index in [4.69, 9.17) is 11.6 Å². The zero-order chi connectivity index (χ0) is 24.6. The molecule has 0 spiro atoms. The minimum Gasteiger partial charge on any atom is -0.357 e. The number of anilines is 1. The van der Waals surface area contributed by atoms with Gasteiger partial charge in [-0.3, -0.25) is 13.9 Å². The largest absolute Gasteiger partial charge is 0.357 e. The number of benzene rings is 2. The molecule has 0 radical (unpaired) electrons. The molecule has 1 atom stereocenters. The molecule has 2 aromatic rings. The summed E-state index contributed by atoms with van der Waals surface area (Å²) < 4.78 is 26.2. The number of carbonyl (C=O) groups is 2. The van der Waals surface area contributed by atoms with Gasteiger partial charge in [0.2, 0.25) is 21.8 Å². The van der Waals surface area contributed by atoms with Crippen molar-refractivity contribution >= 4 is 39.1 Å². The summed E-state index contributed by atoms with van der Waals surface area (Å²) >= 11 is 6.19. The van der Waals surface area contributed by atoms with Gasteiger partial charge in [0, 0.05) is 31.6 Å². The van der Waals surface area contributed by atoms with Gasteiger partial charge in [-0.25, -0.2) is 8.42 Å². The second kappa shape index (κ2) is 12.0. The Morgan fingerprint density at radius 1 is 1.09 bits per heavy atom. The van der Waals surface area contributed by atoms with E-state index >= 15 is 0 Å². The fourth-order valence-corrected chi connectivity index (χ4v) is 4.90. The third-order valence-electron chi connectivity index (χ3n) is 5.49. The van der Waals surface area contributed by atoms with Crippen LogP contribution in [-0.4, -0.2) is 51.0 Å². The molecule has 180 valence electrons.